The van der Waals surface area contributed by atoms with Crippen molar-refractivity contribution in [3.63, 3.8) is 0 Å². The van der Waals surface area contributed by atoms with E-state index in [1.807, 2.05) is 65.2 Å². The van der Waals surface area contributed by atoms with Gasteiger partial charge in [0.15, 0.2) is 0 Å². The molecule has 0 atom stereocenters. The molecule has 0 amide bonds. The average molecular weight is 339 g/mol. The summed E-state index contributed by atoms with van der Waals surface area (Å²) in [5.41, 5.74) is 1.55. The Morgan fingerprint density at radius 3 is 2.38 bits per heavy atom. The summed E-state index contributed by atoms with van der Waals surface area (Å²) in [6, 6.07) is 22.9. The molecule has 5 nitrogen and oxygen atoms in total. The minimum Gasteiger partial charge on any atom is -0.287 e. The molecule has 5 rings (SSSR count). The largest absolute Gasteiger partial charge is 0.293 e. The number of benzene rings is 3. The molecule has 0 bridgehead atoms. The summed E-state index contributed by atoms with van der Waals surface area (Å²) in [7, 11) is 0. The smallest absolute Gasteiger partial charge is 0.287 e. The maximum absolute atomic E-state index is 11.7. The second-order valence-corrected chi connectivity index (χ2v) is 6.14. The van der Waals surface area contributed by atoms with Crippen molar-refractivity contribution >= 4 is 38.3 Å². The van der Waals surface area contributed by atoms with Gasteiger partial charge in [-0.1, -0.05) is 54.6 Å². The highest BCUT2D eigenvalue weighted by atomic mass is 16.6. The van der Waals surface area contributed by atoms with Gasteiger partial charge in [-0.3, -0.25) is 14.7 Å². The van der Waals surface area contributed by atoms with Gasteiger partial charge in [-0.25, -0.2) is 4.98 Å². The van der Waals surface area contributed by atoms with Crippen LogP contribution >= 0.6 is 0 Å². The van der Waals surface area contributed by atoms with E-state index in [1.54, 1.807) is 18.3 Å². The minimum absolute atomic E-state index is 0.0773. The van der Waals surface area contributed by atoms with E-state index in [2.05, 4.69) is 4.98 Å². The number of non-ortho nitro benzene ring substituents is 1. The third-order valence-electron chi connectivity index (χ3n) is 4.73. The van der Waals surface area contributed by atoms with Crippen LogP contribution in [-0.4, -0.2) is 14.5 Å². The molecule has 0 aliphatic heterocycles. The van der Waals surface area contributed by atoms with Gasteiger partial charge in [0.05, 0.1) is 10.4 Å². The summed E-state index contributed by atoms with van der Waals surface area (Å²) in [5.74, 6) is 0.698. The number of pyridine rings is 1. The molecule has 0 saturated heterocycles. The summed E-state index contributed by atoms with van der Waals surface area (Å²) >= 11 is 0. The maximum Gasteiger partial charge on any atom is 0.293 e. The van der Waals surface area contributed by atoms with Crippen LogP contribution in [0.1, 0.15) is 0 Å². The minimum atomic E-state index is -0.331. The Balaban J connectivity index is 2.06. The van der Waals surface area contributed by atoms with Crippen molar-refractivity contribution in [1.82, 2.24) is 9.55 Å². The highest BCUT2D eigenvalue weighted by Crippen LogP contribution is 2.37. The van der Waals surface area contributed by atoms with Crippen LogP contribution < -0.4 is 0 Å². The van der Waals surface area contributed by atoms with Gasteiger partial charge in [-0.05, 0) is 17.5 Å². The van der Waals surface area contributed by atoms with Crippen molar-refractivity contribution in [3.8, 4) is 5.82 Å². The molecule has 0 N–H and O–H groups in total. The quantitative estimate of drug-likeness (QED) is 0.326. The third kappa shape index (κ3) is 1.94. The van der Waals surface area contributed by atoms with Gasteiger partial charge < -0.3 is 0 Å². The first-order chi connectivity index (χ1) is 12.8. The van der Waals surface area contributed by atoms with Crippen LogP contribution in [0.25, 0.3) is 38.4 Å². The average Bonchev–Trinajstić information content (AvgIpc) is 3.02. The van der Waals surface area contributed by atoms with Gasteiger partial charge in [-0.2, -0.15) is 0 Å². The van der Waals surface area contributed by atoms with Gasteiger partial charge in [0.25, 0.3) is 5.69 Å². The van der Waals surface area contributed by atoms with Crippen LogP contribution in [0.5, 0.6) is 0 Å². The molecule has 124 valence electrons. The Hall–Kier alpha value is -3.73. The summed E-state index contributed by atoms with van der Waals surface area (Å²) in [4.78, 5) is 16.0. The van der Waals surface area contributed by atoms with Crippen LogP contribution in [0.3, 0.4) is 0 Å². The molecular formula is C21H13N3O2. The van der Waals surface area contributed by atoms with Crippen molar-refractivity contribution < 1.29 is 4.92 Å². The van der Waals surface area contributed by atoms with Crippen LogP contribution in [0.4, 0.5) is 5.69 Å². The third-order valence-corrected chi connectivity index (χ3v) is 4.73. The van der Waals surface area contributed by atoms with Gasteiger partial charge in [0.1, 0.15) is 11.3 Å². The lowest BCUT2D eigenvalue weighted by molar-refractivity contribution is -0.383. The van der Waals surface area contributed by atoms with E-state index in [1.165, 1.54) is 0 Å². The number of hydrogen-bond acceptors (Lipinski definition) is 3. The first-order valence-corrected chi connectivity index (χ1v) is 8.26. The summed E-state index contributed by atoms with van der Waals surface area (Å²) in [5, 5.41) is 15.5. The normalized spacial score (nSPS) is 11.4. The predicted octanol–water partition coefficient (Wildman–Crippen LogP) is 5.24. The van der Waals surface area contributed by atoms with Gasteiger partial charge >= 0.3 is 0 Å². The fraction of sp³-hybridized carbons (Fsp3) is 0. The van der Waals surface area contributed by atoms with Gasteiger partial charge in [0, 0.05) is 28.4 Å². The zero-order chi connectivity index (χ0) is 17.7. The first kappa shape index (κ1) is 14.6. The Morgan fingerprint density at radius 2 is 1.54 bits per heavy atom. The molecule has 0 saturated carbocycles. The van der Waals surface area contributed by atoms with Gasteiger partial charge in [-0.15, -0.1) is 0 Å². The SMILES string of the molecule is O=[N+]([O-])c1cccc2c3ccccc3n(-c3nccc4ccccc34)c12. The van der Waals surface area contributed by atoms with E-state index in [4.69, 9.17) is 0 Å². The zero-order valence-electron chi connectivity index (χ0n) is 13.7. The van der Waals surface area contributed by atoms with E-state index in [0.717, 1.165) is 27.1 Å². The first-order valence-electron chi connectivity index (χ1n) is 8.26. The van der Waals surface area contributed by atoms with Crippen molar-refractivity contribution in [2.45, 2.75) is 0 Å². The number of nitrogens with zero attached hydrogens (tertiary/aromatic N) is 3. The van der Waals surface area contributed by atoms with Crippen LogP contribution in [-0.2, 0) is 0 Å². The second-order valence-electron chi connectivity index (χ2n) is 6.14. The zero-order valence-corrected chi connectivity index (χ0v) is 13.7. The van der Waals surface area contributed by atoms with Crippen molar-refractivity contribution in [2.75, 3.05) is 0 Å². The maximum atomic E-state index is 11.7. The molecule has 5 heteroatoms. The second kappa shape index (κ2) is 5.39. The summed E-state index contributed by atoms with van der Waals surface area (Å²) in [6.07, 6.45) is 1.74. The van der Waals surface area contributed by atoms with Gasteiger partial charge in [0.2, 0.25) is 0 Å². The molecular weight excluding hydrogens is 326 g/mol. The molecule has 0 aliphatic carbocycles. The highest BCUT2D eigenvalue weighted by Gasteiger charge is 2.22. The van der Waals surface area contributed by atoms with Crippen LogP contribution in [0.15, 0.2) is 79.0 Å². The Labute approximate surface area is 148 Å². The molecule has 0 aliphatic rings. The molecule has 0 unspecified atom stereocenters. The van der Waals surface area contributed by atoms with E-state index in [0.29, 0.717) is 11.3 Å². The Morgan fingerprint density at radius 1 is 0.808 bits per heavy atom. The van der Waals surface area contributed by atoms with E-state index in [-0.39, 0.29) is 10.6 Å². The summed E-state index contributed by atoms with van der Waals surface area (Å²) in [6.45, 7) is 0. The van der Waals surface area contributed by atoms with Crippen molar-refractivity contribution in [1.29, 1.82) is 0 Å². The van der Waals surface area contributed by atoms with Crippen molar-refractivity contribution in [2.24, 2.45) is 0 Å². The predicted molar refractivity (Wildman–Crippen MR) is 103 cm³/mol. The standard InChI is InChI=1S/C21H13N3O2/c25-24(26)19-11-5-9-17-16-8-3-4-10-18(16)23(20(17)19)21-15-7-2-1-6-14(15)12-13-22-21/h1-13H. The highest BCUT2D eigenvalue weighted by molar-refractivity contribution is 6.12. The monoisotopic (exact) mass is 339 g/mol. The number of hydrogen-bond donors (Lipinski definition) is 0. The molecule has 5 aromatic rings. The molecule has 3 aromatic carbocycles. The van der Waals surface area contributed by atoms with Crippen LogP contribution in [0.2, 0.25) is 0 Å². The fourth-order valence-electron chi connectivity index (χ4n) is 3.65. The molecule has 26 heavy (non-hydrogen) atoms. The lowest BCUT2D eigenvalue weighted by atomic mass is 10.1. The van der Waals surface area contributed by atoms with E-state index < -0.39 is 0 Å². The van der Waals surface area contributed by atoms with Crippen molar-refractivity contribution in [3.05, 3.63) is 89.1 Å². The van der Waals surface area contributed by atoms with E-state index >= 15 is 0 Å². The molecule has 2 aromatic heterocycles. The number of aromatic nitrogens is 2. The number of nitro benzene ring substituents is 1. The molecule has 2 heterocycles. The lowest BCUT2D eigenvalue weighted by Gasteiger charge is -2.10. The molecule has 0 spiro atoms. The van der Waals surface area contributed by atoms with E-state index in [9.17, 15) is 10.1 Å². The number of nitro groups is 1. The molecule has 0 radical (unpaired) electrons. The number of rotatable bonds is 2. The molecule has 0 fully saturated rings. The Kier molecular flexibility index (Phi) is 3.03. The number of fused-ring (bicyclic) bond motifs is 4. The number of para-hydroxylation sites is 2. The fourth-order valence-corrected chi connectivity index (χ4v) is 3.65. The Bertz CT molecular complexity index is 1320. The summed E-state index contributed by atoms with van der Waals surface area (Å²) < 4.78 is 1.91. The lowest BCUT2D eigenvalue weighted by Crippen LogP contribution is -2.00. The van der Waals surface area contributed by atoms with Crippen LogP contribution in [0, 0.1) is 10.1 Å². The topological polar surface area (TPSA) is 61.0 Å².